The lowest BCUT2D eigenvalue weighted by molar-refractivity contribution is -0.135. The molecule has 2 aromatic carbocycles. The molecule has 3 N–H and O–H groups in total. The van der Waals surface area contributed by atoms with Crippen molar-refractivity contribution in [2.24, 2.45) is 0 Å². The molecule has 1 saturated heterocycles. The lowest BCUT2D eigenvalue weighted by Crippen LogP contribution is -2.45. The molecule has 0 bridgehead atoms. The first-order valence-corrected chi connectivity index (χ1v) is 10.2. The Bertz CT molecular complexity index is 1350. The molecule has 1 aromatic heterocycles. The molecule has 2 heterocycles. The van der Waals surface area contributed by atoms with Gasteiger partial charge in [0.25, 0.3) is 5.56 Å². The van der Waals surface area contributed by atoms with Gasteiger partial charge in [-0.1, -0.05) is 18.2 Å². The molecule has 9 heteroatoms. The molecule has 0 radical (unpaired) electrons. The minimum absolute atomic E-state index is 0.0425. The van der Waals surface area contributed by atoms with Crippen LogP contribution in [0, 0.1) is 13.8 Å². The van der Waals surface area contributed by atoms with Crippen LogP contribution >= 0.6 is 0 Å². The number of nitrogens with zero attached hydrogens (tertiary/aromatic N) is 2. The number of fused-ring (bicyclic) bond motifs is 1. The Morgan fingerprint density at radius 2 is 2.03 bits per heavy atom. The molecule has 1 aliphatic rings. The number of hydrogen-bond acceptors (Lipinski definition) is 5. The van der Waals surface area contributed by atoms with E-state index in [0.29, 0.717) is 16.8 Å². The number of rotatable bonds is 4. The first-order valence-electron chi connectivity index (χ1n) is 10.7. The van der Waals surface area contributed by atoms with Crippen molar-refractivity contribution in [3.8, 4) is 0 Å². The summed E-state index contributed by atoms with van der Waals surface area (Å²) in [5, 5.41) is 7.84. The molecule has 1 fully saturated rings. The van der Waals surface area contributed by atoms with Crippen LogP contribution in [0.1, 0.15) is 37.2 Å². The Morgan fingerprint density at radius 1 is 1.22 bits per heavy atom. The highest BCUT2D eigenvalue weighted by Crippen LogP contribution is 2.20. The summed E-state index contributed by atoms with van der Waals surface area (Å²) >= 11 is 0. The highest BCUT2D eigenvalue weighted by molar-refractivity contribution is 5.99. The fourth-order valence-electron chi connectivity index (χ4n) is 3.67. The molecule has 0 unspecified atom stereocenters. The molecular weight excluding hydrogens is 410 g/mol. The fraction of sp³-hybridized carbons (Fsp3) is 0.261. The third-order valence-corrected chi connectivity index (χ3v) is 5.20. The third kappa shape index (κ3) is 4.36. The summed E-state index contributed by atoms with van der Waals surface area (Å²) in [7, 11) is 0. The molecular formula is C23H23N5O4. The van der Waals surface area contributed by atoms with Crippen LogP contribution in [0.2, 0.25) is 0 Å². The second kappa shape index (κ2) is 8.62. The van der Waals surface area contributed by atoms with E-state index in [-0.39, 0.29) is 30.6 Å². The Balaban J connectivity index is 1.59. The second-order valence-corrected chi connectivity index (χ2v) is 7.65. The summed E-state index contributed by atoms with van der Waals surface area (Å²) in [5.74, 6) is -1.12. The highest BCUT2D eigenvalue weighted by atomic mass is 16.2. The first kappa shape index (κ1) is 19.9. The van der Waals surface area contributed by atoms with Crippen molar-refractivity contribution in [3.63, 3.8) is 0 Å². The van der Waals surface area contributed by atoms with E-state index < -0.39 is 29.4 Å². The summed E-state index contributed by atoms with van der Waals surface area (Å²) in [5.41, 5.74) is 2.20. The van der Waals surface area contributed by atoms with Crippen molar-refractivity contribution >= 4 is 34.4 Å². The summed E-state index contributed by atoms with van der Waals surface area (Å²) in [4.78, 5) is 53.9. The topological polar surface area (TPSA) is 122 Å². The van der Waals surface area contributed by atoms with E-state index in [9.17, 15) is 19.2 Å². The minimum atomic E-state index is -1.96. The van der Waals surface area contributed by atoms with Crippen molar-refractivity contribution in [1.82, 2.24) is 20.2 Å². The molecule has 4 amide bonds. The maximum atomic E-state index is 13.3. The number of imide groups is 1. The van der Waals surface area contributed by atoms with Crippen molar-refractivity contribution in [2.75, 3.05) is 5.32 Å². The highest BCUT2D eigenvalue weighted by Gasteiger charge is 2.30. The average Bonchev–Trinajstić information content (AvgIpc) is 2.75. The van der Waals surface area contributed by atoms with Gasteiger partial charge in [-0.2, -0.15) is 0 Å². The zero-order valence-corrected chi connectivity index (χ0v) is 17.7. The van der Waals surface area contributed by atoms with Crippen molar-refractivity contribution in [3.05, 3.63) is 69.8 Å². The van der Waals surface area contributed by atoms with Crippen LogP contribution in [0.5, 0.6) is 0 Å². The van der Waals surface area contributed by atoms with Gasteiger partial charge in [0, 0.05) is 18.7 Å². The van der Waals surface area contributed by atoms with Crippen molar-refractivity contribution in [2.45, 2.75) is 39.3 Å². The molecule has 0 spiro atoms. The van der Waals surface area contributed by atoms with Gasteiger partial charge in [-0.05, 0) is 55.7 Å². The SMILES string of the molecule is [2H][C@@]1(n2c(C)nc3ccc(CNC(=O)Nc4cccc(C)c4)cc3c2=O)CCC(=O)NC1=O. The van der Waals surface area contributed by atoms with Crippen LogP contribution in [-0.4, -0.2) is 27.4 Å². The lowest BCUT2D eigenvalue weighted by atomic mass is 10.0. The van der Waals surface area contributed by atoms with Crippen LogP contribution in [0.25, 0.3) is 10.9 Å². The fourth-order valence-corrected chi connectivity index (χ4v) is 3.67. The quantitative estimate of drug-likeness (QED) is 0.544. The number of urea groups is 1. The van der Waals surface area contributed by atoms with Crippen molar-refractivity contribution < 1.29 is 15.8 Å². The van der Waals surface area contributed by atoms with Gasteiger partial charge in [0.2, 0.25) is 11.8 Å². The average molecular weight is 434 g/mol. The van der Waals surface area contributed by atoms with Gasteiger partial charge in [0.15, 0.2) is 0 Å². The van der Waals surface area contributed by atoms with Gasteiger partial charge in [-0.15, -0.1) is 0 Å². The summed E-state index contributed by atoms with van der Waals surface area (Å²) in [6, 6.07) is 10.0. The van der Waals surface area contributed by atoms with Gasteiger partial charge in [-0.25, -0.2) is 9.78 Å². The molecule has 32 heavy (non-hydrogen) atoms. The molecule has 164 valence electrons. The van der Waals surface area contributed by atoms with Crippen LogP contribution in [0.15, 0.2) is 47.3 Å². The largest absolute Gasteiger partial charge is 0.334 e. The van der Waals surface area contributed by atoms with Crippen LogP contribution in [0.4, 0.5) is 10.5 Å². The molecule has 4 rings (SSSR count). The predicted molar refractivity (Wildman–Crippen MR) is 119 cm³/mol. The maximum Gasteiger partial charge on any atom is 0.319 e. The molecule has 1 aliphatic heterocycles. The maximum absolute atomic E-state index is 13.3. The molecule has 1 atom stereocenters. The van der Waals surface area contributed by atoms with Crippen LogP contribution < -0.4 is 21.5 Å². The van der Waals surface area contributed by atoms with Crippen LogP contribution in [-0.2, 0) is 16.1 Å². The van der Waals surface area contributed by atoms with E-state index in [1.165, 1.54) is 0 Å². The van der Waals surface area contributed by atoms with Gasteiger partial charge in [-0.3, -0.25) is 24.3 Å². The Kier molecular flexibility index (Phi) is 5.37. The number of benzene rings is 2. The van der Waals surface area contributed by atoms with E-state index >= 15 is 0 Å². The van der Waals surface area contributed by atoms with Crippen LogP contribution in [0.3, 0.4) is 0 Å². The lowest BCUT2D eigenvalue weighted by Gasteiger charge is -2.24. The van der Waals surface area contributed by atoms with E-state index in [2.05, 4.69) is 20.9 Å². The third-order valence-electron chi connectivity index (χ3n) is 5.20. The van der Waals surface area contributed by atoms with Gasteiger partial charge in [0.1, 0.15) is 11.8 Å². The summed E-state index contributed by atoms with van der Waals surface area (Å²) < 4.78 is 9.65. The number of amides is 4. The number of hydrogen-bond donors (Lipinski definition) is 3. The zero-order chi connectivity index (χ0) is 23.8. The normalized spacial score (nSPS) is 18.8. The number of nitrogens with one attached hydrogen (secondary N) is 3. The Morgan fingerprint density at radius 3 is 2.78 bits per heavy atom. The zero-order valence-electron chi connectivity index (χ0n) is 18.7. The molecule has 0 aliphatic carbocycles. The number of piperidine rings is 1. The van der Waals surface area contributed by atoms with Gasteiger partial charge >= 0.3 is 6.03 Å². The van der Waals surface area contributed by atoms with E-state index in [1.807, 2.05) is 25.1 Å². The summed E-state index contributed by atoms with van der Waals surface area (Å²) in [6.07, 6.45) is -0.162. The predicted octanol–water partition coefficient (Wildman–Crippen LogP) is 2.31. The van der Waals surface area contributed by atoms with E-state index in [4.69, 9.17) is 1.37 Å². The number of carbonyl (C=O) groups is 3. The Hall–Kier alpha value is -4.01. The van der Waals surface area contributed by atoms with Crippen molar-refractivity contribution in [1.29, 1.82) is 0 Å². The molecule has 3 aromatic rings. The number of anilines is 1. The summed E-state index contributed by atoms with van der Waals surface area (Å²) in [6.45, 7) is 3.63. The number of aromatic nitrogens is 2. The van der Waals surface area contributed by atoms with Gasteiger partial charge in [0.05, 0.1) is 12.3 Å². The standard InChI is InChI=1S/C23H23N5O4/c1-13-4-3-5-16(10-13)26-23(32)24-12-15-6-7-18-17(11-15)22(31)28(14(2)25-18)19-8-9-20(29)27-21(19)30/h3-7,10-11,19H,8-9,12H2,1-2H3,(H2,24,26,32)(H,27,29,30)/t19-/m1/s1/i19D. The molecule has 9 nitrogen and oxygen atoms in total. The van der Waals surface area contributed by atoms with Gasteiger partial charge < -0.3 is 10.6 Å². The Labute approximate surface area is 185 Å². The first-order chi connectivity index (χ1) is 15.7. The van der Waals surface area contributed by atoms with E-state index in [1.54, 1.807) is 31.2 Å². The smallest absolute Gasteiger partial charge is 0.319 e. The monoisotopic (exact) mass is 434 g/mol. The minimum Gasteiger partial charge on any atom is -0.334 e. The second-order valence-electron chi connectivity index (χ2n) is 7.65. The number of aryl methyl sites for hydroxylation is 2. The van der Waals surface area contributed by atoms with E-state index in [0.717, 1.165) is 10.1 Å². The number of carbonyl (C=O) groups excluding carboxylic acids is 3. The molecule has 0 saturated carbocycles.